The number of nitrogens with zero attached hydrogens (tertiary/aromatic N) is 1. The molecule has 0 unspecified atom stereocenters. The first-order valence-electron chi connectivity index (χ1n) is 3.62. The zero-order valence-electron chi connectivity index (χ0n) is 7.02. The van der Waals surface area contributed by atoms with Crippen LogP contribution in [0.1, 0.15) is 6.92 Å². The molecule has 0 radical (unpaired) electrons. The van der Waals surface area contributed by atoms with E-state index in [1.54, 1.807) is 6.92 Å². The number of hydrogen-bond acceptors (Lipinski definition) is 3. The van der Waals surface area contributed by atoms with E-state index in [0.717, 1.165) is 0 Å². The molecule has 0 aromatic carbocycles. The Morgan fingerprint density at radius 3 is 3.23 bits per heavy atom. The highest BCUT2D eigenvalue weighted by atomic mass is 79.9. The van der Waals surface area contributed by atoms with Crippen molar-refractivity contribution in [2.75, 3.05) is 11.9 Å². The average molecular weight is 242 g/mol. The summed E-state index contributed by atoms with van der Waals surface area (Å²) in [6, 6.07) is 0. The number of halogens is 1. The van der Waals surface area contributed by atoms with Gasteiger partial charge in [0.05, 0.1) is 12.9 Å². The molecule has 0 aliphatic heterocycles. The molecule has 4 nitrogen and oxygen atoms in total. The van der Waals surface area contributed by atoms with Gasteiger partial charge in [-0.3, -0.25) is 4.79 Å². The number of aromatic amines is 1. The summed E-state index contributed by atoms with van der Waals surface area (Å²) in [5, 5.41) is 2.90. The van der Waals surface area contributed by atoms with Gasteiger partial charge in [0.2, 0.25) is 0 Å². The van der Waals surface area contributed by atoms with E-state index in [4.69, 9.17) is 0 Å². The van der Waals surface area contributed by atoms with Crippen molar-refractivity contribution in [2.45, 2.75) is 6.92 Å². The largest absolute Gasteiger partial charge is 0.358 e. The Morgan fingerprint density at radius 2 is 2.54 bits per heavy atom. The Balaban J connectivity index is 2.81. The van der Waals surface area contributed by atoms with Gasteiger partial charge >= 0.3 is 0 Å². The van der Waals surface area contributed by atoms with Gasteiger partial charge < -0.3 is 10.3 Å². The molecule has 0 fully saturated rings. The van der Waals surface area contributed by atoms with Gasteiger partial charge in [0.25, 0.3) is 5.56 Å². The highest BCUT2D eigenvalue weighted by molar-refractivity contribution is 9.10. The Hall–Kier alpha value is -1.28. The summed E-state index contributed by atoms with van der Waals surface area (Å²) in [7, 11) is 0. The van der Waals surface area contributed by atoms with E-state index in [0.29, 0.717) is 16.8 Å². The van der Waals surface area contributed by atoms with Crippen LogP contribution in [0, 0.1) is 11.8 Å². The van der Waals surface area contributed by atoms with Crippen LogP contribution in [0.3, 0.4) is 0 Å². The molecular weight excluding hydrogens is 234 g/mol. The number of hydrogen-bond donors (Lipinski definition) is 2. The maximum absolute atomic E-state index is 11.1. The Kier molecular flexibility index (Phi) is 3.53. The molecule has 0 saturated carbocycles. The fourth-order valence-corrected chi connectivity index (χ4v) is 1.08. The van der Waals surface area contributed by atoms with Crippen LogP contribution in [-0.4, -0.2) is 16.5 Å². The van der Waals surface area contributed by atoms with Crippen LogP contribution >= 0.6 is 15.9 Å². The average Bonchev–Trinajstić information content (AvgIpc) is 2.13. The Bertz CT molecular complexity index is 402. The lowest BCUT2D eigenvalue weighted by atomic mass is 10.5. The van der Waals surface area contributed by atoms with Gasteiger partial charge in [0.15, 0.2) is 0 Å². The summed E-state index contributed by atoms with van der Waals surface area (Å²) >= 11 is 3.12. The summed E-state index contributed by atoms with van der Waals surface area (Å²) in [5.74, 6) is 6.05. The zero-order chi connectivity index (χ0) is 9.68. The molecule has 13 heavy (non-hydrogen) atoms. The fourth-order valence-electron chi connectivity index (χ4n) is 0.723. The lowest BCUT2D eigenvalue weighted by Crippen LogP contribution is -2.12. The van der Waals surface area contributed by atoms with Crippen LogP contribution in [-0.2, 0) is 0 Å². The van der Waals surface area contributed by atoms with Crippen molar-refractivity contribution in [1.29, 1.82) is 0 Å². The molecule has 0 saturated heterocycles. The minimum Gasteiger partial charge on any atom is -0.358 e. The number of aromatic nitrogens is 2. The summed E-state index contributed by atoms with van der Waals surface area (Å²) in [5.41, 5.74) is -0.207. The van der Waals surface area contributed by atoms with E-state index in [1.165, 1.54) is 6.33 Å². The monoisotopic (exact) mass is 241 g/mol. The highest BCUT2D eigenvalue weighted by Gasteiger charge is 2.02. The lowest BCUT2D eigenvalue weighted by molar-refractivity contribution is 1.09. The number of H-pyrrole nitrogens is 1. The van der Waals surface area contributed by atoms with Crippen molar-refractivity contribution in [3.63, 3.8) is 0 Å². The van der Waals surface area contributed by atoms with Crippen molar-refractivity contribution < 1.29 is 0 Å². The lowest BCUT2D eigenvalue weighted by Gasteiger charge is -2.01. The van der Waals surface area contributed by atoms with Crippen molar-refractivity contribution in [3.05, 3.63) is 21.2 Å². The Morgan fingerprint density at radius 1 is 1.77 bits per heavy atom. The van der Waals surface area contributed by atoms with E-state index < -0.39 is 0 Å². The van der Waals surface area contributed by atoms with Crippen LogP contribution in [0.2, 0.25) is 0 Å². The predicted molar refractivity (Wildman–Crippen MR) is 54.5 cm³/mol. The molecular formula is C8H8BrN3O. The van der Waals surface area contributed by atoms with Crippen LogP contribution < -0.4 is 10.9 Å². The molecule has 0 spiro atoms. The van der Waals surface area contributed by atoms with Crippen LogP contribution in [0.15, 0.2) is 15.6 Å². The minimum atomic E-state index is -0.207. The van der Waals surface area contributed by atoms with Gasteiger partial charge in [0.1, 0.15) is 10.3 Å². The van der Waals surface area contributed by atoms with Gasteiger partial charge in [-0.25, -0.2) is 4.98 Å². The van der Waals surface area contributed by atoms with E-state index >= 15 is 0 Å². The van der Waals surface area contributed by atoms with E-state index in [2.05, 4.69) is 43.1 Å². The molecule has 1 aromatic heterocycles. The first kappa shape index (κ1) is 9.81. The maximum Gasteiger partial charge on any atom is 0.267 e. The summed E-state index contributed by atoms with van der Waals surface area (Å²) in [6.07, 6.45) is 1.34. The zero-order valence-corrected chi connectivity index (χ0v) is 8.60. The first-order valence-corrected chi connectivity index (χ1v) is 4.41. The second-order valence-corrected chi connectivity index (χ2v) is 2.97. The summed E-state index contributed by atoms with van der Waals surface area (Å²) in [6.45, 7) is 2.23. The SMILES string of the molecule is CC#CCNc1nc[nH]c(=O)c1Br. The third-order valence-electron chi connectivity index (χ3n) is 1.32. The van der Waals surface area contributed by atoms with Crippen LogP contribution in [0.5, 0.6) is 0 Å². The third kappa shape index (κ3) is 2.60. The smallest absolute Gasteiger partial charge is 0.267 e. The van der Waals surface area contributed by atoms with E-state index in [-0.39, 0.29) is 5.56 Å². The molecule has 0 aliphatic carbocycles. The topological polar surface area (TPSA) is 57.8 Å². The predicted octanol–water partition coefficient (Wildman–Crippen LogP) is 0.968. The van der Waals surface area contributed by atoms with Crippen LogP contribution in [0.25, 0.3) is 0 Å². The number of nitrogens with one attached hydrogen (secondary N) is 2. The first-order chi connectivity index (χ1) is 6.25. The second kappa shape index (κ2) is 4.67. The molecule has 0 amide bonds. The second-order valence-electron chi connectivity index (χ2n) is 2.17. The van der Waals surface area contributed by atoms with Gasteiger partial charge in [-0.2, -0.15) is 0 Å². The molecule has 1 rings (SSSR count). The molecule has 2 N–H and O–H groups in total. The summed E-state index contributed by atoms with van der Waals surface area (Å²) in [4.78, 5) is 17.4. The van der Waals surface area contributed by atoms with Crippen molar-refractivity contribution in [3.8, 4) is 11.8 Å². The van der Waals surface area contributed by atoms with Gasteiger partial charge in [-0.05, 0) is 22.9 Å². The van der Waals surface area contributed by atoms with Crippen LogP contribution in [0.4, 0.5) is 5.82 Å². The fraction of sp³-hybridized carbons (Fsp3) is 0.250. The van der Waals surface area contributed by atoms with Crippen molar-refractivity contribution >= 4 is 21.7 Å². The molecule has 0 atom stereocenters. The molecule has 5 heteroatoms. The molecule has 0 bridgehead atoms. The molecule has 0 aliphatic rings. The third-order valence-corrected chi connectivity index (χ3v) is 2.05. The van der Waals surface area contributed by atoms with Gasteiger partial charge in [0, 0.05) is 0 Å². The summed E-state index contributed by atoms with van der Waals surface area (Å²) < 4.78 is 0.396. The van der Waals surface area contributed by atoms with Gasteiger partial charge in [-0.15, -0.1) is 5.92 Å². The standard InChI is InChI=1S/C8H8BrN3O/c1-2-3-4-10-7-6(9)8(13)12-5-11-7/h5H,4H2,1H3,(H2,10,11,12,13). The molecule has 68 valence electrons. The Labute approximate surface area is 83.9 Å². The van der Waals surface area contributed by atoms with Gasteiger partial charge in [-0.1, -0.05) is 5.92 Å². The minimum absolute atomic E-state index is 0.207. The molecule has 1 heterocycles. The number of anilines is 1. The normalized spacial score (nSPS) is 8.77. The number of rotatable bonds is 2. The maximum atomic E-state index is 11.1. The van der Waals surface area contributed by atoms with Crippen molar-refractivity contribution in [2.24, 2.45) is 0 Å². The highest BCUT2D eigenvalue weighted by Crippen LogP contribution is 2.11. The van der Waals surface area contributed by atoms with E-state index in [1.807, 2.05) is 0 Å². The quantitative estimate of drug-likeness (QED) is 0.759. The molecule has 1 aromatic rings. The van der Waals surface area contributed by atoms with Crippen molar-refractivity contribution in [1.82, 2.24) is 9.97 Å². The van der Waals surface area contributed by atoms with E-state index in [9.17, 15) is 4.79 Å².